The number of hydrogen-bond donors (Lipinski definition) is 0. The summed E-state index contributed by atoms with van der Waals surface area (Å²) in [5.74, 6) is 1.26. The van der Waals surface area contributed by atoms with E-state index in [1.807, 2.05) is 6.08 Å². The van der Waals surface area contributed by atoms with E-state index < -0.39 is 11.8 Å². The average Bonchev–Trinajstić information content (AvgIpc) is 3.08. The topological polar surface area (TPSA) is 65.1 Å². The molecule has 4 aliphatic carbocycles. The largest absolute Gasteiger partial charge is 0.509 e. The Balaban J connectivity index is 1.42. The molecule has 0 amide bonds. The van der Waals surface area contributed by atoms with Crippen molar-refractivity contribution in [2.24, 2.45) is 22.7 Å². The monoisotopic (exact) mass is 358 g/mol. The van der Waals surface area contributed by atoms with Crippen molar-refractivity contribution in [2.45, 2.75) is 76.1 Å². The number of cyclic esters (lactones) is 1. The average molecular weight is 358 g/mol. The quantitative estimate of drug-likeness (QED) is 0.489. The van der Waals surface area contributed by atoms with Gasteiger partial charge in [0.2, 0.25) is 0 Å². The molecular formula is C21H26O5. The first-order valence-electron chi connectivity index (χ1n) is 10.1. The van der Waals surface area contributed by atoms with Crippen molar-refractivity contribution in [3.05, 3.63) is 11.6 Å². The fourth-order valence-electron chi connectivity index (χ4n) is 7.89. The van der Waals surface area contributed by atoms with Crippen LogP contribution in [0.3, 0.4) is 0 Å². The lowest BCUT2D eigenvalue weighted by atomic mass is 9.46. The Labute approximate surface area is 153 Å². The molecule has 6 rings (SSSR count). The Kier molecular flexibility index (Phi) is 2.64. The van der Waals surface area contributed by atoms with Gasteiger partial charge in [-0.3, -0.25) is 4.79 Å². The van der Waals surface area contributed by atoms with Crippen molar-refractivity contribution in [3.63, 3.8) is 0 Å². The molecule has 3 unspecified atom stereocenters. The Hall–Kier alpha value is -1.36. The summed E-state index contributed by atoms with van der Waals surface area (Å²) in [4.78, 5) is 23.7. The van der Waals surface area contributed by atoms with E-state index in [1.54, 1.807) is 0 Å². The molecular weight excluding hydrogens is 332 g/mol. The first-order valence-corrected chi connectivity index (χ1v) is 10.1. The second-order valence-corrected chi connectivity index (χ2v) is 9.91. The lowest BCUT2D eigenvalue weighted by Gasteiger charge is -2.56. The first kappa shape index (κ1) is 15.7. The summed E-state index contributed by atoms with van der Waals surface area (Å²) < 4.78 is 17.6. The lowest BCUT2D eigenvalue weighted by Crippen LogP contribution is -2.60. The summed E-state index contributed by atoms with van der Waals surface area (Å²) in [6, 6.07) is 0. The van der Waals surface area contributed by atoms with Crippen molar-refractivity contribution >= 4 is 11.9 Å². The van der Waals surface area contributed by atoms with Crippen molar-refractivity contribution in [3.8, 4) is 0 Å². The van der Waals surface area contributed by atoms with Crippen LogP contribution in [-0.4, -0.2) is 35.9 Å². The van der Waals surface area contributed by atoms with Crippen LogP contribution in [0, 0.1) is 22.7 Å². The minimum absolute atomic E-state index is 0.00553. The predicted molar refractivity (Wildman–Crippen MR) is 91.4 cm³/mol. The van der Waals surface area contributed by atoms with Gasteiger partial charge in [0, 0.05) is 17.3 Å². The molecule has 0 bridgehead atoms. The highest BCUT2D eigenvalue weighted by molar-refractivity contribution is 5.91. The van der Waals surface area contributed by atoms with Crippen LogP contribution in [0.25, 0.3) is 0 Å². The molecule has 0 radical (unpaired) electrons. The molecule has 0 aromatic heterocycles. The molecule has 5 fully saturated rings. The van der Waals surface area contributed by atoms with Gasteiger partial charge in [-0.2, -0.15) is 0 Å². The maximum absolute atomic E-state index is 12.0. The third kappa shape index (κ3) is 1.48. The van der Waals surface area contributed by atoms with Gasteiger partial charge in [0.15, 0.2) is 11.4 Å². The lowest BCUT2D eigenvalue weighted by molar-refractivity contribution is -0.118. The molecule has 7 atom stereocenters. The molecule has 6 aliphatic rings. The molecule has 0 aromatic rings. The third-order valence-corrected chi connectivity index (χ3v) is 9.33. The molecule has 2 heterocycles. The van der Waals surface area contributed by atoms with E-state index in [4.69, 9.17) is 14.2 Å². The van der Waals surface area contributed by atoms with Gasteiger partial charge in [0.25, 0.3) is 0 Å². The summed E-state index contributed by atoms with van der Waals surface area (Å²) in [6.45, 7) is 5.03. The summed E-state index contributed by atoms with van der Waals surface area (Å²) in [5, 5.41) is 0. The molecule has 5 nitrogen and oxygen atoms in total. The normalized spacial score (nSPS) is 56.7. The minimum atomic E-state index is -0.507. The molecule has 0 N–H and O–H groups in total. The van der Waals surface area contributed by atoms with Crippen LogP contribution in [0.5, 0.6) is 0 Å². The highest BCUT2D eigenvalue weighted by atomic mass is 16.8. The highest BCUT2D eigenvalue weighted by Crippen LogP contribution is 2.76. The van der Waals surface area contributed by atoms with E-state index in [-0.39, 0.29) is 28.3 Å². The molecule has 0 aromatic carbocycles. The van der Waals surface area contributed by atoms with Gasteiger partial charge in [-0.25, -0.2) is 4.79 Å². The van der Waals surface area contributed by atoms with Crippen molar-refractivity contribution in [2.75, 3.05) is 6.61 Å². The molecule has 2 saturated heterocycles. The summed E-state index contributed by atoms with van der Waals surface area (Å²) in [5.41, 5.74) is 0.674. The van der Waals surface area contributed by atoms with E-state index in [1.165, 1.54) is 5.57 Å². The number of ketones is 1. The number of rotatable bonds is 0. The maximum atomic E-state index is 12.0. The van der Waals surface area contributed by atoms with Gasteiger partial charge in [0.1, 0.15) is 12.2 Å². The number of ether oxygens (including phenoxy) is 3. The smallest absolute Gasteiger partial charge is 0.430 e. The second-order valence-electron chi connectivity index (χ2n) is 9.91. The second kappa shape index (κ2) is 4.37. The zero-order chi connectivity index (χ0) is 17.9. The standard InChI is InChI=1S/C21H26O5/c1-18-7-5-13(22)9-12(18)3-4-15-14-6-8-20(11-24-17(23)26-20)19(14,2)10-16-21(15,18)25-16/h9,14-16H,3-8,10-11H2,1-2H3/t14?,15?,16-,18-,19-,20+,21?/m0/s1. The van der Waals surface area contributed by atoms with Gasteiger partial charge in [-0.15, -0.1) is 0 Å². The molecule has 26 heavy (non-hydrogen) atoms. The van der Waals surface area contributed by atoms with Crippen LogP contribution in [0.1, 0.15) is 58.8 Å². The molecule has 5 heteroatoms. The molecule has 140 valence electrons. The van der Waals surface area contributed by atoms with Crippen LogP contribution < -0.4 is 0 Å². The van der Waals surface area contributed by atoms with Gasteiger partial charge in [-0.1, -0.05) is 19.4 Å². The molecule has 2 aliphatic heterocycles. The highest BCUT2D eigenvalue weighted by Gasteiger charge is 2.81. The number of fused-ring (bicyclic) bond motifs is 4. The number of carbonyl (C=O) groups is 2. The number of epoxide rings is 1. The number of hydrogen-bond acceptors (Lipinski definition) is 5. The predicted octanol–water partition coefficient (Wildman–Crippen LogP) is 3.56. The van der Waals surface area contributed by atoms with E-state index in [2.05, 4.69) is 13.8 Å². The van der Waals surface area contributed by atoms with Crippen LogP contribution in [0.15, 0.2) is 11.6 Å². The van der Waals surface area contributed by atoms with Gasteiger partial charge in [-0.05, 0) is 56.4 Å². The number of carbonyl (C=O) groups excluding carboxylic acids is 2. The van der Waals surface area contributed by atoms with Gasteiger partial charge >= 0.3 is 6.16 Å². The van der Waals surface area contributed by atoms with Gasteiger partial charge < -0.3 is 14.2 Å². The van der Waals surface area contributed by atoms with Crippen LogP contribution in [0.2, 0.25) is 0 Å². The van der Waals surface area contributed by atoms with E-state index in [9.17, 15) is 9.59 Å². The molecule has 3 saturated carbocycles. The Morgan fingerprint density at radius 1 is 1.08 bits per heavy atom. The maximum Gasteiger partial charge on any atom is 0.509 e. The minimum Gasteiger partial charge on any atom is -0.430 e. The van der Waals surface area contributed by atoms with Crippen molar-refractivity contribution in [1.29, 1.82) is 0 Å². The third-order valence-electron chi connectivity index (χ3n) is 9.33. The summed E-state index contributed by atoms with van der Waals surface area (Å²) in [7, 11) is 0. The van der Waals surface area contributed by atoms with Gasteiger partial charge in [0.05, 0.1) is 6.10 Å². The van der Waals surface area contributed by atoms with Crippen LogP contribution >= 0.6 is 0 Å². The van der Waals surface area contributed by atoms with Crippen molar-refractivity contribution in [1.82, 2.24) is 0 Å². The van der Waals surface area contributed by atoms with Crippen molar-refractivity contribution < 1.29 is 23.8 Å². The van der Waals surface area contributed by atoms with Crippen LogP contribution in [-0.2, 0) is 19.0 Å². The Bertz CT molecular complexity index is 772. The molecule has 2 spiro atoms. The first-order chi connectivity index (χ1) is 12.3. The van der Waals surface area contributed by atoms with E-state index >= 15 is 0 Å². The zero-order valence-electron chi connectivity index (χ0n) is 15.5. The zero-order valence-corrected chi connectivity index (χ0v) is 15.5. The Morgan fingerprint density at radius 3 is 2.69 bits per heavy atom. The van der Waals surface area contributed by atoms with Crippen LogP contribution in [0.4, 0.5) is 4.79 Å². The SMILES string of the molecule is C[C@]12CCC(=O)C=C1CCC1C3CC[C@@]4(COC(=O)O4)[C@@]3(C)C[C@@H]3OC132. The summed E-state index contributed by atoms with van der Waals surface area (Å²) >= 11 is 0. The Morgan fingerprint density at radius 2 is 1.92 bits per heavy atom. The summed E-state index contributed by atoms with van der Waals surface area (Å²) in [6.07, 6.45) is 8.17. The fourth-order valence-corrected chi connectivity index (χ4v) is 7.89. The van der Waals surface area contributed by atoms with E-state index in [0.717, 1.165) is 38.5 Å². The van der Waals surface area contributed by atoms with E-state index in [0.29, 0.717) is 24.9 Å². The fraction of sp³-hybridized carbons (Fsp3) is 0.810.